The maximum atomic E-state index is 2.58. The Morgan fingerprint density at radius 2 is 1.02 bits per heavy atom. The summed E-state index contributed by atoms with van der Waals surface area (Å²) < 4.78 is 0. The summed E-state index contributed by atoms with van der Waals surface area (Å²) in [5.74, 6) is 0. The quantitative estimate of drug-likeness (QED) is 0.164. The van der Waals surface area contributed by atoms with Gasteiger partial charge in [0.15, 0.2) is 0 Å². The van der Waals surface area contributed by atoms with E-state index in [-0.39, 0.29) is 0 Å². The van der Waals surface area contributed by atoms with Gasteiger partial charge in [-0.2, -0.15) is 0 Å². The third-order valence-electron chi connectivity index (χ3n) is 12.5. The molecule has 0 bridgehead atoms. The molecule has 2 heteroatoms. The van der Waals surface area contributed by atoms with Crippen molar-refractivity contribution < 1.29 is 0 Å². The summed E-state index contributed by atoms with van der Waals surface area (Å²) in [7, 11) is -2.27. The van der Waals surface area contributed by atoms with Gasteiger partial charge in [-0.15, -0.1) is 0 Å². The van der Waals surface area contributed by atoms with Crippen LogP contribution in [0.15, 0.2) is 200 Å². The predicted octanol–water partition coefficient (Wildman–Crippen LogP) is 12.6. The first-order valence-electron chi connectivity index (χ1n) is 19.4. The van der Waals surface area contributed by atoms with Crippen LogP contribution in [-0.4, -0.2) is 8.07 Å². The summed E-state index contributed by atoms with van der Waals surface area (Å²) in [6.07, 6.45) is 0. The molecule has 1 aliphatic carbocycles. The highest BCUT2D eigenvalue weighted by atomic mass is 28.3. The zero-order chi connectivity index (χ0) is 36.7. The molecule has 260 valence electrons. The largest absolute Gasteiger partial charge is 0.309 e. The van der Waals surface area contributed by atoms with E-state index in [1.54, 1.807) is 0 Å². The molecule has 1 spiro atoms. The molecular weight excluding hydrogens is 679 g/mol. The standard InChI is InChI=1S/C53H39NSi/c1-55(2)49-30-14-13-28-46(49)53(45-27-12-11-25-43(45)44-26-15-20-38-21-16-29-48(53)51(38)44)47-34-32-40(35-50(47)55)54(39-22-7-4-8-23-39)52-41-24-10-9-19-37(41)31-33-42(52)36-17-5-3-6-18-36/h3-35H,1-2H3. The number of nitrogens with zero attached hydrogens (tertiary/aromatic N) is 1. The van der Waals surface area contributed by atoms with Crippen LogP contribution in [0, 0.1) is 0 Å². The highest BCUT2D eigenvalue weighted by molar-refractivity contribution is 7.01. The van der Waals surface area contributed by atoms with Crippen LogP contribution in [0.1, 0.15) is 22.3 Å². The summed E-state index contributed by atoms with van der Waals surface area (Å²) in [4.78, 5) is 2.52. The van der Waals surface area contributed by atoms with Crippen LogP contribution >= 0.6 is 0 Å². The van der Waals surface area contributed by atoms with E-state index >= 15 is 0 Å². The molecule has 0 aromatic heterocycles. The fourth-order valence-electron chi connectivity index (χ4n) is 10.1. The average molecular weight is 718 g/mol. The second kappa shape index (κ2) is 12.0. The van der Waals surface area contributed by atoms with Crippen molar-refractivity contribution >= 4 is 57.1 Å². The fourth-order valence-corrected chi connectivity index (χ4v) is 13.3. The molecule has 11 rings (SSSR count). The number of hydrogen-bond donors (Lipinski definition) is 0. The number of para-hydroxylation sites is 1. The Hall–Kier alpha value is -6.48. The van der Waals surface area contributed by atoms with Crippen molar-refractivity contribution in [3.8, 4) is 22.3 Å². The molecule has 0 saturated heterocycles. The smallest absolute Gasteiger partial charge is 0.113 e. The molecule has 1 nitrogen and oxygen atoms in total. The topological polar surface area (TPSA) is 3.24 Å². The van der Waals surface area contributed by atoms with Crippen molar-refractivity contribution in [2.24, 2.45) is 0 Å². The van der Waals surface area contributed by atoms with Gasteiger partial charge >= 0.3 is 0 Å². The third kappa shape index (κ3) is 4.46. The molecule has 0 N–H and O–H groups in total. The summed E-state index contributed by atoms with van der Waals surface area (Å²) in [5, 5.41) is 8.10. The lowest BCUT2D eigenvalue weighted by Gasteiger charge is -2.50. The number of anilines is 3. The van der Waals surface area contributed by atoms with Gasteiger partial charge in [-0.1, -0.05) is 189 Å². The average Bonchev–Trinajstić information content (AvgIpc) is 3.25. The number of fused-ring (bicyclic) bond motifs is 9. The second-order valence-electron chi connectivity index (χ2n) is 15.6. The predicted molar refractivity (Wildman–Crippen MR) is 236 cm³/mol. The molecule has 0 radical (unpaired) electrons. The van der Waals surface area contributed by atoms with Crippen LogP contribution in [0.5, 0.6) is 0 Å². The molecule has 1 heterocycles. The van der Waals surface area contributed by atoms with E-state index in [0.29, 0.717) is 0 Å². The Labute approximate surface area is 323 Å². The Morgan fingerprint density at radius 3 is 1.85 bits per heavy atom. The van der Waals surface area contributed by atoms with E-state index in [9.17, 15) is 0 Å². The van der Waals surface area contributed by atoms with Gasteiger partial charge in [0.2, 0.25) is 0 Å². The summed E-state index contributed by atoms with van der Waals surface area (Å²) >= 11 is 0. The maximum absolute atomic E-state index is 2.58. The second-order valence-corrected chi connectivity index (χ2v) is 20.0. The molecular formula is C53H39NSi. The lowest BCUT2D eigenvalue weighted by molar-refractivity contribution is 0.754. The first-order chi connectivity index (χ1) is 27.1. The van der Waals surface area contributed by atoms with E-state index in [2.05, 4.69) is 218 Å². The van der Waals surface area contributed by atoms with Gasteiger partial charge in [-0.25, -0.2) is 0 Å². The van der Waals surface area contributed by atoms with Crippen molar-refractivity contribution in [3.63, 3.8) is 0 Å². The van der Waals surface area contributed by atoms with E-state index in [4.69, 9.17) is 0 Å². The van der Waals surface area contributed by atoms with E-state index < -0.39 is 13.5 Å². The van der Waals surface area contributed by atoms with Gasteiger partial charge < -0.3 is 4.90 Å². The normalized spacial score (nSPS) is 16.0. The van der Waals surface area contributed by atoms with Crippen molar-refractivity contribution in [2.75, 3.05) is 4.90 Å². The summed E-state index contributed by atoms with van der Waals surface area (Å²) in [6, 6.07) is 75.1. The summed E-state index contributed by atoms with van der Waals surface area (Å²) in [5.41, 5.74) is 13.7. The Kier molecular flexibility index (Phi) is 6.99. The zero-order valence-corrected chi connectivity index (χ0v) is 32.0. The lowest BCUT2D eigenvalue weighted by Crippen LogP contribution is -2.63. The van der Waals surface area contributed by atoms with Crippen molar-refractivity contribution in [2.45, 2.75) is 18.5 Å². The maximum Gasteiger partial charge on any atom is 0.113 e. The van der Waals surface area contributed by atoms with Crippen LogP contribution in [0.4, 0.5) is 17.1 Å². The highest BCUT2D eigenvalue weighted by Gasteiger charge is 2.52. The van der Waals surface area contributed by atoms with Gasteiger partial charge in [0.05, 0.1) is 11.1 Å². The number of benzene rings is 9. The Morgan fingerprint density at radius 1 is 0.400 bits per heavy atom. The number of hydrogen-bond acceptors (Lipinski definition) is 1. The van der Waals surface area contributed by atoms with E-state index in [0.717, 1.165) is 5.69 Å². The van der Waals surface area contributed by atoms with Crippen LogP contribution in [0.25, 0.3) is 43.8 Å². The van der Waals surface area contributed by atoms with Crippen LogP contribution < -0.4 is 15.3 Å². The minimum absolute atomic E-state index is 0.469. The monoisotopic (exact) mass is 717 g/mol. The zero-order valence-electron chi connectivity index (χ0n) is 31.0. The van der Waals surface area contributed by atoms with Crippen LogP contribution in [0.3, 0.4) is 0 Å². The van der Waals surface area contributed by atoms with Gasteiger partial charge in [0.25, 0.3) is 0 Å². The summed E-state index contributed by atoms with van der Waals surface area (Å²) in [6.45, 7) is 5.12. The minimum Gasteiger partial charge on any atom is -0.309 e. The number of rotatable bonds is 4. The van der Waals surface area contributed by atoms with Crippen molar-refractivity contribution in [3.05, 3.63) is 222 Å². The molecule has 0 saturated carbocycles. The van der Waals surface area contributed by atoms with Crippen molar-refractivity contribution in [1.29, 1.82) is 0 Å². The molecule has 55 heavy (non-hydrogen) atoms. The molecule has 9 aromatic carbocycles. The van der Waals surface area contributed by atoms with Crippen molar-refractivity contribution in [1.82, 2.24) is 0 Å². The first kappa shape index (κ1) is 32.0. The molecule has 1 unspecified atom stereocenters. The lowest BCUT2D eigenvalue weighted by atomic mass is 9.59. The molecule has 1 aliphatic heterocycles. The molecule has 0 fully saturated rings. The molecule has 0 amide bonds. The van der Waals surface area contributed by atoms with E-state index in [1.807, 2.05) is 0 Å². The SMILES string of the molecule is C[Si]1(C)c2ccccc2C2(c3ccccc3-c3cccc4cccc2c34)c2ccc(N(c3ccccc3)c3c(-c4ccccc4)ccc4ccccc34)cc21. The van der Waals surface area contributed by atoms with Gasteiger partial charge in [0.1, 0.15) is 8.07 Å². The van der Waals surface area contributed by atoms with Gasteiger partial charge in [-0.3, -0.25) is 0 Å². The van der Waals surface area contributed by atoms with Gasteiger partial charge in [-0.05, 0) is 89.7 Å². The molecule has 2 aliphatic rings. The molecule has 1 atom stereocenters. The van der Waals surface area contributed by atoms with Crippen LogP contribution in [-0.2, 0) is 5.41 Å². The highest BCUT2D eigenvalue weighted by Crippen LogP contribution is 2.56. The van der Waals surface area contributed by atoms with E-state index in [1.165, 1.54) is 87.8 Å². The van der Waals surface area contributed by atoms with Crippen LogP contribution in [0.2, 0.25) is 13.1 Å². The van der Waals surface area contributed by atoms with Gasteiger partial charge in [0, 0.05) is 22.3 Å². The third-order valence-corrected chi connectivity index (χ3v) is 16.0. The molecule has 9 aromatic rings. The first-order valence-corrected chi connectivity index (χ1v) is 22.4. The Balaban J connectivity index is 1.26. The fraction of sp³-hybridized carbons (Fsp3) is 0.0566. The minimum atomic E-state index is -2.27. The Bertz CT molecular complexity index is 2960.